The van der Waals surface area contributed by atoms with Gasteiger partial charge in [0.2, 0.25) is 5.91 Å². The smallest absolute Gasteiger partial charge is 0.248 e. The number of nitrogens with two attached hydrogens (primary N) is 1. The van der Waals surface area contributed by atoms with Gasteiger partial charge in [-0.2, -0.15) is 0 Å². The fourth-order valence-corrected chi connectivity index (χ4v) is 1.84. The van der Waals surface area contributed by atoms with E-state index in [2.05, 4.69) is 0 Å². The lowest BCUT2D eigenvalue weighted by molar-refractivity contribution is 0.0999. The molecule has 0 fully saturated rings. The number of hydrogen-bond donors (Lipinski definition) is 1. The first kappa shape index (κ1) is 14.8. The maximum atomic E-state index is 13.1. The summed E-state index contributed by atoms with van der Waals surface area (Å²) >= 11 is 0. The quantitative estimate of drug-likeness (QED) is 0.889. The Morgan fingerprint density at radius 2 is 1.95 bits per heavy atom. The summed E-state index contributed by atoms with van der Waals surface area (Å²) in [7, 11) is 0. The van der Waals surface area contributed by atoms with Gasteiger partial charge in [-0.15, -0.1) is 0 Å². The summed E-state index contributed by atoms with van der Waals surface area (Å²) in [4.78, 5) is 11.2. The number of amides is 1. The average molecular weight is 289 g/mol. The van der Waals surface area contributed by atoms with E-state index in [1.165, 1.54) is 18.2 Å². The molecule has 0 bridgehead atoms. The summed E-state index contributed by atoms with van der Waals surface area (Å²) in [6.07, 6.45) is 0. The van der Waals surface area contributed by atoms with Crippen LogP contribution >= 0.6 is 0 Å². The zero-order chi connectivity index (χ0) is 15.2. The minimum absolute atomic E-state index is 0.202. The maximum Gasteiger partial charge on any atom is 0.248 e. The van der Waals surface area contributed by atoms with E-state index in [4.69, 9.17) is 15.2 Å². The van der Waals surface area contributed by atoms with Gasteiger partial charge in [0.25, 0.3) is 0 Å². The third-order valence-corrected chi connectivity index (χ3v) is 2.81. The number of halogens is 1. The number of rotatable bonds is 6. The largest absolute Gasteiger partial charge is 0.490 e. The van der Waals surface area contributed by atoms with Crippen LogP contribution in [0.5, 0.6) is 11.5 Å². The second kappa shape index (κ2) is 6.74. The molecule has 0 unspecified atom stereocenters. The molecule has 2 aromatic carbocycles. The minimum Gasteiger partial charge on any atom is -0.490 e. The van der Waals surface area contributed by atoms with Gasteiger partial charge in [0, 0.05) is 5.56 Å². The second-order valence-corrected chi connectivity index (χ2v) is 4.38. The Balaban J connectivity index is 2.16. The molecule has 110 valence electrons. The monoisotopic (exact) mass is 289 g/mol. The Hall–Kier alpha value is -2.56. The third kappa shape index (κ3) is 3.95. The van der Waals surface area contributed by atoms with E-state index >= 15 is 0 Å². The molecular weight excluding hydrogens is 273 g/mol. The van der Waals surface area contributed by atoms with Crippen LogP contribution in [0.15, 0.2) is 42.5 Å². The Morgan fingerprint density at radius 3 is 2.62 bits per heavy atom. The summed E-state index contributed by atoms with van der Waals surface area (Å²) in [5.41, 5.74) is 6.28. The molecule has 1 amide bonds. The standard InChI is InChI=1S/C16H16FNO3/c1-2-20-15-9-12(16(18)19)6-7-14(15)21-10-11-4-3-5-13(17)8-11/h3-9H,2,10H2,1H3,(H2,18,19). The van der Waals surface area contributed by atoms with E-state index in [0.29, 0.717) is 29.2 Å². The van der Waals surface area contributed by atoms with E-state index in [-0.39, 0.29) is 12.4 Å². The van der Waals surface area contributed by atoms with Crippen molar-refractivity contribution in [3.63, 3.8) is 0 Å². The maximum absolute atomic E-state index is 13.1. The number of carbonyl (C=O) groups excluding carboxylic acids is 1. The van der Waals surface area contributed by atoms with Crippen molar-refractivity contribution in [1.29, 1.82) is 0 Å². The number of carbonyl (C=O) groups is 1. The van der Waals surface area contributed by atoms with Crippen molar-refractivity contribution in [3.8, 4) is 11.5 Å². The highest BCUT2D eigenvalue weighted by Gasteiger charge is 2.09. The van der Waals surface area contributed by atoms with Crippen molar-refractivity contribution in [1.82, 2.24) is 0 Å². The molecule has 0 radical (unpaired) electrons. The van der Waals surface area contributed by atoms with Gasteiger partial charge in [0.05, 0.1) is 6.61 Å². The highest BCUT2D eigenvalue weighted by Crippen LogP contribution is 2.29. The van der Waals surface area contributed by atoms with Crippen LogP contribution < -0.4 is 15.2 Å². The average Bonchev–Trinajstić information content (AvgIpc) is 2.46. The van der Waals surface area contributed by atoms with Crippen molar-refractivity contribution in [2.24, 2.45) is 5.73 Å². The van der Waals surface area contributed by atoms with Crippen molar-refractivity contribution in [3.05, 3.63) is 59.4 Å². The first-order chi connectivity index (χ1) is 10.1. The lowest BCUT2D eigenvalue weighted by atomic mass is 10.2. The van der Waals surface area contributed by atoms with E-state index in [1.807, 2.05) is 6.92 Å². The molecule has 0 saturated heterocycles. The highest BCUT2D eigenvalue weighted by atomic mass is 19.1. The Morgan fingerprint density at radius 1 is 1.14 bits per heavy atom. The first-order valence-corrected chi connectivity index (χ1v) is 6.54. The molecule has 2 N–H and O–H groups in total. The topological polar surface area (TPSA) is 61.5 Å². The highest BCUT2D eigenvalue weighted by molar-refractivity contribution is 5.93. The van der Waals surface area contributed by atoms with Crippen LogP contribution in [0.2, 0.25) is 0 Å². The van der Waals surface area contributed by atoms with Crippen LogP contribution in [-0.4, -0.2) is 12.5 Å². The molecule has 0 aliphatic heterocycles. The van der Waals surface area contributed by atoms with E-state index < -0.39 is 5.91 Å². The van der Waals surface area contributed by atoms with Gasteiger partial charge < -0.3 is 15.2 Å². The van der Waals surface area contributed by atoms with Gasteiger partial charge in [-0.25, -0.2) is 4.39 Å². The lowest BCUT2D eigenvalue weighted by Crippen LogP contribution is -2.11. The summed E-state index contributed by atoms with van der Waals surface area (Å²) in [5.74, 6) is 0.0640. The van der Waals surface area contributed by atoms with Crippen LogP contribution in [-0.2, 0) is 6.61 Å². The molecule has 5 heteroatoms. The van der Waals surface area contributed by atoms with Gasteiger partial charge in [0.1, 0.15) is 12.4 Å². The van der Waals surface area contributed by atoms with Crippen LogP contribution in [0, 0.1) is 5.82 Å². The number of hydrogen-bond acceptors (Lipinski definition) is 3. The zero-order valence-corrected chi connectivity index (χ0v) is 11.6. The van der Waals surface area contributed by atoms with Crippen molar-refractivity contribution in [2.45, 2.75) is 13.5 Å². The van der Waals surface area contributed by atoms with Gasteiger partial charge in [0.15, 0.2) is 11.5 Å². The van der Waals surface area contributed by atoms with Gasteiger partial charge >= 0.3 is 0 Å². The molecule has 2 aromatic rings. The molecule has 0 spiro atoms. The van der Waals surface area contributed by atoms with Crippen LogP contribution in [0.3, 0.4) is 0 Å². The minimum atomic E-state index is -0.535. The van der Waals surface area contributed by atoms with E-state index in [9.17, 15) is 9.18 Å². The van der Waals surface area contributed by atoms with Gasteiger partial charge in [-0.05, 0) is 42.8 Å². The van der Waals surface area contributed by atoms with E-state index in [0.717, 1.165) is 0 Å². The molecular formula is C16H16FNO3. The Labute approximate surface area is 122 Å². The Kier molecular flexibility index (Phi) is 4.77. The predicted molar refractivity (Wildman–Crippen MR) is 76.9 cm³/mol. The number of primary amides is 1. The Bertz CT molecular complexity index is 643. The van der Waals surface area contributed by atoms with Crippen molar-refractivity contribution in [2.75, 3.05) is 6.61 Å². The molecule has 0 atom stereocenters. The zero-order valence-electron chi connectivity index (χ0n) is 11.6. The van der Waals surface area contributed by atoms with Crippen molar-refractivity contribution >= 4 is 5.91 Å². The number of ether oxygens (including phenoxy) is 2. The first-order valence-electron chi connectivity index (χ1n) is 6.54. The molecule has 0 heterocycles. The summed E-state index contributed by atoms with van der Waals surface area (Å²) < 4.78 is 24.2. The molecule has 0 aliphatic rings. The lowest BCUT2D eigenvalue weighted by Gasteiger charge is -2.12. The summed E-state index contributed by atoms with van der Waals surface area (Å²) in [6.45, 7) is 2.46. The fraction of sp³-hybridized carbons (Fsp3) is 0.188. The predicted octanol–water partition coefficient (Wildman–Crippen LogP) is 2.90. The summed E-state index contributed by atoms with van der Waals surface area (Å²) in [5, 5.41) is 0. The van der Waals surface area contributed by atoms with Crippen LogP contribution in [0.1, 0.15) is 22.8 Å². The number of benzene rings is 2. The third-order valence-electron chi connectivity index (χ3n) is 2.81. The van der Waals surface area contributed by atoms with E-state index in [1.54, 1.807) is 24.3 Å². The molecule has 2 rings (SSSR count). The van der Waals surface area contributed by atoms with Gasteiger partial charge in [-0.1, -0.05) is 12.1 Å². The van der Waals surface area contributed by atoms with Crippen LogP contribution in [0.4, 0.5) is 4.39 Å². The molecule has 0 aliphatic carbocycles. The summed E-state index contributed by atoms with van der Waals surface area (Å²) in [6, 6.07) is 10.9. The molecule has 0 saturated carbocycles. The molecule has 0 aromatic heterocycles. The SMILES string of the molecule is CCOc1cc(C(N)=O)ccc1OCc1cccc(F)c1. The normalized spacial score (nSPS) is 10.2. The molecule has 21 heavy (non-hydrogen) atoms. The van der Waals surface area contributed by atoms with Crippen molar-refractivity contribution < 1.29 is 18.7 Å². The fourth-order valence-electron chi connectivity index (χ4n) is 1.84. The second-order valence-electron chi connectivity index (χ2n) is 4.38. The molecule has 4 nitrogen and oxygen atoms in total. The van der Waals surface area contributed by atoms with Crippen LogP contribution in [0.25, 0.3) is 0 Å². The van der Waals surface area contributed by atoms with Gasteiger partial charge in [-0.3, -0.25) is 4.79 Å².